The summed E-state index contributed by atoms with van der Waals surface area (Å²) < 4.78 is 56.2. The summed E-state index contributed by atoms with van der Waals surface area (Å²) in [5.74, 6) is -5.35. The molecule has 1 heterocycles. The SMILES string of the molecule is NS(=O)(=O)c1ccc([C@@H]2[C@@H](c3nc(-c4ccccc4)no3)C2(F)F)cc1. The van der Waals surface area contributed by atoms with Crippen LogP contribution >= 0.6 is 0 Å². The molecule has 0 amide bonds. The molecule has 1 aromatic heterocycles. The van der Waals surface area contributed by atoms with Crippen LogP contribution in [-0.2, 0) is 10.0 Å². The van der Waals surface area contributed by atoms with Gasteiger partial charge < -0.3 is 4.52 Å². The van der Waals surface area contributed by atoms with Gasteiger partial charge in [-0.1, -0.05) is 47.6 Å². The zero-order chi connectivity index (χ0) is 18.5. The van der Waals surface area contributed by atoms with Gasteiger partial charge in [-0.3, -0.25) is 0 Å². The molecule has 26 heavy (non-hydrogen) atoms. The van der Waals surface area contributed by atoms with Crippen molar-refractivity contribution in [3.05, 3.63) is 66.1 Å². The Bertz CT molecular complexity index is 1050. The molecule has 2 aromatic carbocycles. The number of aromatic nitrogens is 2. The molecule has 4 rings (SSSR count). The first-order chi connectivity index (χ1) is 12.3. The van der Waals surface area contributed by atoms with Crippen molar-refractivity contribution in [2.24, 2.45) is 5.14 Å². The van der Waals surface area contributed by atoms with E-state index < -0.39 is 27.8 Å². The fraction of sp³-hybridized carbons (Fsp3) is 0.176. The van der Waals surface area contributed by atoms with Crippen molar-refractivity contribution in [2.45, 2.75) is 22.7 Å². The molecule has 9 heteroatoms. The van der Waals surface area contributed by atoms with Crippen molar-refractivity contribution < 1.29 is 21.7 Å². The van der Waals surface area contributed by atoms with Gasteiger partial charge in [0.05, 0.1) is 10.8 Å². The van der Waals surface area contributed by atoms with Crippen LogP contribution in [0.2, 0.25) is 0 Å². The van der Waals surface area contributed by atoms with E-state index in [-0.39, 0.29) is 22.2 Å². The summed E-state index contributed by atoms with van der Waals surface area (Å²) in [6, 6.07) is 14.0. The third-order valence-electron chi connectivity index (χ3n) is 4.36. The number of hydrogen-bond donors (Lipinski definition) is 1. The summed E-state index contributed by atoms with van der Waals surface area (Å²) in [7, 11) is -3.87. The van der Waals surface area contributed by atoms with Crippen molar-refractivity contribution in [3.8, 4) is 11.4 Å². The second-order valence-electron chi connectivity index (χ2n) is 6.07. The lowest BCUT2D eigenvalue weighted by atomic mass is 10.1. The Morgan fingerprint density at radius 1 is 1.00 bits per heavy atom. The fourth-order valence-corrected chi connectivity index (χ4v) is 3.50. The number of nitrogens with two attached hydrogens (primary N) is 1. The summed E-state index contributed by atoms with van der Waals surface area (Å²) in [5.41, 5.74) is 0.951. The summed E-state index contributed by atoms with van der Waals surface area (Å²) >= 11 is 0. The zero-order valence-electron chi connectivity index (χ0n) is 13.2. The molecule has 0 aliphatic heterocycles. The number of benzene rings is 2. The van der Waals surface area contributed by atoms with Crippen LogP contribution in [0.1, 0.15) is 23.3 Å². The summed E-state index contributed by atoms with van der Waals surface area (Å²) in [4.78, 5) is 3.96. The first kappa shape index (κ1) is 16.8. The van der Waals surface area contributed by atoms with Crippen LogP contribution in [-0.4, -0.2) is 24.5 Å². The van der Waals surface area contributed by atoms with E-state index >= 15 is 0 Å². The Morgan fingerprint density at radius 3 is 2.27 bits per heavy atom. The normalized spacial score (nSPS) is 21.5. The smallest absolute Gasteiger partial charge is 0.268 e. The maximum Gasteiger partial charge on any atom is 0.268 e. The topological polar surface area (TPSA) is 99.1 Å². The molecule has 0 spiro atoms. The Hall–Kier alpha value is -2.65. The number of nitrogens with zero attached hydrogens (tertiary/aromatic N) is 2. The van der Waals surface area contributed by atoms with Gasteiger partial charge in [0.15, 0.2) is 0 Å². The molecule has 0 radical (unpaired) electrons. The number of halogens is 2. The highest BCUT2D eigenvalue weighted by Crippen LogP contribution is 2.66. The monoisotopic (exact) mass is 377 g/mol. The second-order valence-corrected chi connectivity index (χ2v) is 7.63. The molecule has 2 atom stereocenters. The molecule has 1 saturated carbocycles. The molecule has 0 bridgehead atoms. The minimum Gasteiger partial charge on any atom is -0.338 e. The van der Waals surface area contributed by atoms with Gasteiger partial charge in [0.2, 0.25) is 21.7 Å². The van der Waals surface area contributed by atoms with Gasteiger partial charge in [-0.15, -0.1) is 0 Å². The van der Waals surface area contributed by atoms with E-state index in [2.05, 4.69) is 10.1 Å². The van der Waals surface area contributed by atoms with Crippen molar-refractivity contribution >= 4 is 10.0 Å². The average molecular weight is 377 g/mol. The zero-order valence-corrected chi connectivity index (χ0v) is 14.0. The summed E-state index contributed by atoms with van der Waals surface area (Å²) in [6.45, 7) is 0. The molecule has 2 N–H and O–H groups in total. The van der Waals surface area contributed by atoms with Crippen LogP contribution in [0.3, 0.4) is 0 Å². The summed E-state index contributed by atoms with van der Waals surface area (Å²) in [5, 5.41) is 8.79. The lowest BCUT2D eigenvalue weighted by Crippen LogP contribution is -2.11. The maximum atomic E-state index is 14.3. The standard InChI is InChI=1S/C17H13F2N3O3S/c18-17(19)13(10-6-8-12(9-7-10)26(20,23)24)14(17)16-21-15(22-25-16)11-4-2-1-3-5-11/h1-9,13-14H,(H2,20,23,24)/t13-,14+/m1/s1. The van der Waals surface area contributed by atoms with Gasteiger partial charge in [-0.2, -0.15) is 4.98 Å². The highest BCUT2D eigenvalue weighted by molar-refractivity contribution is 7.89. The lowest BCUT2D eigenvalue weighted by Gasteiger charge is -2.01. The summed E-state index contributed by atoms with van der Waals surface area (Å²) in [6.07, 6.45) is 0. The largest absolute Gasteiger partial charge is 0.338 e. The van der Waals surface area contributed by atoms with E-state index in [9.17, 15) is 17.2 Å². The van der Waals surface area contributed by atoms with Crippen molar-refractivity contribution in [1.82, 2.24) is 10.1 Å². The van der Waals surface area contributed by atoms with Gasteiger partial charge in [0.25, 0.3) is 5.92 Å². The second kappa shape index (κ2) is 5.68. The van der Waals surface area contributed by atoms with E-state index in [0.717, 1.165) is 0 Å². The van der Waals surface area contributed by atoms with Crippen LogP contribution < -0.4 is 5.14 Å². The van der Waals surface area contributed by atoms with Gasteiger partial charge in [0, 0.05) is 5.56 Å². The van der Waals surface area contributed by atoms with Crippen molar-refractivity contribution in [1.29, 1.82) is 0 Å². The van der Waals surface area contributed by atoms with Crippen LogP contribution in [0.15, 0.2) is 64.0 Å². The Morgan fingerprint density at radius 2 is 1.65 bits per heavy atom. The molecule has 3 aromatic rings. The lowest BCUT2D eigenvalue weighted by molar-refractivity contribution is 0.0999. The molecule has 134 valence electrons. The molecule has 1 fully saturated rings. The Kier molecular flexibility index (Phi) is 3.67. The third kappa shape index (κ3) is 2.78. The van der Waals surface area contributed by atoms with Crippen LogP contribution in [0.25, 0.3) is 11.4 Å². The number of sulfonamides is 1. The highest BCUT2D eigenvalue weighted by atomic mass is 32.2. The number of primary sulfonamides is 1. The van der Waals surface area contributed by atoms with Crippen molar-refractivity contribution in [2.75, 3.05) is 0 Å². The van der Waals surface area contributed by atoms with Crippen molar-refractivity contribution in [3.63, 3.8) is 0 Å². The van der Waals surface area contributed by atoms with Gasteiger partial charge in [-0.05, 0) is 17.7 Å². The van der Waals surface area contributed by atoms with Gasteiger partial charge in [0.1, 0.15) is 5.92 Å². The van der Waals surface area contributed by atoms with Gasteiger partial charge in [-0.25, -0.2) is 22.3 Å². The van der Waals surface area contributed by atoms with E-state index in [4.69, 9.17) is 9.66 Å². The number of alkyl halides is 2. The minimum atomic E-state index is -3.87. The molecule has 0 unspecified atom stereocenters. The van der Waals surface area contributed by atoms with E-state index in [1.165, 1.54) is 24.3 Å². The van der Waals surface area contributed by atoms with E-state index in [1.807, 2.05) is 6.07 Å². The minimum absolute atomic E-state index is 0.133. The fourth-order valence-electron chi connectivity index (χ4n) is 2.98. The Labute approximate surface area is 147 Å². The highest BCUT2D eigenvalue weighted by Gasteiger charge is 2.72. The maximum absolute atomic E-state index is 14.3. The molecule has 1 aliphatic rings. The third-order valence-corrected chi connectivity index (χ3v) is 5.29. The predicted molar refractivity (Wildman–Crippen MR) is 88.0 cm³/mol. The molecular formula is C17H13F2N3O3S. The average Bonchev–Trinajstić information content (AvgIpc) is 2.95. The molecule has 0 saturated heterocycles. The molecule has 1 aliphatic carbocycles. The first-order valence-electron chi connectivity index (χ1n) is 7.68. The van der Waals surface area contributed by atoms with Crippen LogP contribution in [0, 0.1) is 0 Å². The first-order valence-corrected chi connectivity index (χ1v) is 9.23. The number of rotatable bonds is 4. The van der Waals surface area contributed by atoms with Gasteiger partial charge >= 0.3 is 0 Å². The number of hydrogen-bond acceptors (Lipinski definition) is 5. The van der Waals surface area contributed by atoms with Crippen LogP contribution in [0.4, 0.5) is 8.78 Å². The molecular weight excluding hydrogens is 364 g/mol. The Balaban J connectivity index is 1.62. The predicted octanol–water partition coefficient (Wildman–Crippen LogP) is 2.90. The van der Waals surface area contributed by atoms with E-state index in [1.54, 1.807) is 24.3 Å². The molecule has 6 nitrogen and oxygen atoms in total. The quantitative estimate of drug-likeness (QED) is 0.754. The van der Waals surface area contributed by atoms with E-state index in [0.29, 0.717) is 5.56 Å². The van der Waals surface area contributed by atoms with Crippen LogP contribution in [0.5, 0.6) is 0 Å².